The van der Waals surface area contributed by atoms with Crippen LogP contribution in [0.5, 0.6) is 5.75 Å². The Morgan fingerprint density at radius 3 is 2.17 bits per heavy atom. The van der Waals surface area contributed by atoms with Gasteiger partial charge in [-0.3, -0.25) is 4.72 Å². The highest BCUT2D eigenvalue weighted by Crippen LogP contribution is 2.26. The SMILES string of the molecule is O=S(=O)(Nc1cccc(S(=O)(=O)N2CCOCC2)c1)c1ccc(OC(F)(F)F)cc1. The maximum absolute atomic E-state index is 12.7. The van der Waals surface area contributed by atoms with Crippen molar-refractivity contribution < 1.29 is 39.5 Å². The van der Waals surface area contributed by atoms with Gasteiger partial charge in [-0.25, -0.2) is 16.8 Å². The van der Waals surface area contributed by atoms with E-state index in [4.69, 9.17) is 4.74 Å². The highest BCUT2D eigenvalue weighted by atomic mass is 32.2. The number of halogens is 3. The fourth-order valence-corrected chi connectivity index (χ4v) is 5.19. The summed E-state index contributed by atoms with van der Waals surface area (Å²) in [5.41, 5.74) is -0.0139. The van der Waals surface area contributed by atoms with Crippen LogP contribution in [0.2, 0.25) is 0 Å². The number of alkyl halides is 3. The Hall–Kier alpha value is -2.35. The number of benzene rings is 2. The molecule has 0 radical (unpaired) electrons. The maximum Gasteiger partial charge on any atom is 0.573 e. The van der Waals surface area contributed by atoms with Crippen molar-refractivity contribution >= 4 is 25.7 Å². The lowest BCUT2D eigenvalue weighted by molar-refractivity contribution is -0.274. The van der Waals surface area contributed by atoms with E-state index in [9.17, 15) is 30.0 Å². The van der Waals surface area contributed by atoms with Crippen LogP contribution < -0.4 is 9.46 Å². The van der Waals surface area contributed by atoms with Crippen LogP contribution in [0.3, 0.4) is 0 Å². The molecule has 1 saturated heterocycles. The first-order chi connectivity index (χ1) is 14.0. The Morgan fingerprint density at radius 2 is 1.57 bits per heavy atom. The Kier molecular flexibility index (Phi) is 6.26. The molecule has 0 atom stereocenters. The van der Waals surface area contributed by atoms with Crippen LogP contribution in [0.1, 0.15) is 0 Å². The van der Waals surface area contributed by atoms with Gasteiger partial charge in [0.25, 0.3) is 10.0 Å². The van der Waals surface area contributed by atoms with Crippen LogP contribution in [-0.2, 0) is 24.8 Å². The van der Waals surface area contributed by atoms with E-state index in [1.807, 2.05) is 0 Å². The van der Waals surface area contributed by atoms with E-state index in [1.54, 1.807) is 0 Å². The van der Waals surface area contributed by atoms with Crippen LogP contribution in [0.15, 0.2) is 58.3 Å². The summed E-state index contributed by atoms with van der Waals surface area (Å²) in [6.07, 6.45) is -4.90. The molecule has 1 N–H and O–H groups in total. The van der Waals surface area contributed by atoms with Gasteiger partial charge in [-0.15, -0.1) is 13.2 Å². The molecule has 0 aromatic heterocycles. The Balaban J connectivity index is 1.79. The number of ether oxygens (including phenoxy) is 2. The highest BCUT2D eigenvalue weighted by Gasteiger charge is 2.31. The van der Waals surface area contributed by atoms with Gasteiger partial charge in [0.2, 0.25) is 10.0 Å². The molecule has 8 nitrogen and oxygen atoms in total. The molecular formula is C17H17F3N2O6S2. The number of hydrogen-bond donors (Lipinski definition) is 1. The molecule has 0 spiro atoms. The minimum Gasteiger partial charge on any atom is -0.406 e. The molecule has 0 unspecified atom stereocenters. The molecule has 0 aliphatic carbocycles. The number of anilines is 1. The first kappa shape index (κ1) is 22.3. The molecule has 2 aromatic rings. The molecule has 0 saturated carbocycles. The first-order valence-corrected chi connectivity index (χ1v) is 11.5. The fraction of sp³-hybridized carbons (Fsp3) is 0.294. The Bertz CT molecular complexity index is 1100. The minimum absolute atomic E-state index is 0.0139. The van der Waals surface area contributed by atoms with E-state index in [-0.39, 0.29) is 41.8 Å². The maximum atomic E-state index is 12.7. The van der Waals surface area contributed by atoms with Gasteiger partial charge in [0.05, 0.1) is 28.7 Å². The molecule has 1 aliphatic rings. The zero-order chi connectivity index (χ0) is 22.0. The number of rotatable bonds is 6. The lowest BCUT2D eigenvalue weighted by Gasteiger charge is -2.26. The zero-order valence-electron chi connectivity index (χ0n) is 15.3. The summed E-state index contributed by atoms with van der Waals surface area (Å²) in [5, 5.41) is 0. The van der Waals surface area contributed by atoms with E-state index < -0.39 is 32.2 Å². The molecule has 1 fully saturated rings. The average molecular weight is 466 g/mol. The van der Waals surface area contributed by atoms with Gasteiger partial charge >= 0.3 is 6.36 Å². The summed E-state index contributed by atoms with van der Waals surface area (Å²) in [7, 11) is -8.01. The smallest absolute Gasteiger partial charge is 0.406 e. The summed E-state index contributed by atoms with van der Waals surface area (Å²) in [6.45, 7) is 0.897. The standard InChI is InChI=1S/C17H17F3N2O6S2/c18-17(19,20)28-14-4-6-15(7-5-14)29(23,24)21-13-2-1-3-16(12-13)30(25,26)22-8-10-27-11-9-22/h1-7,12,21H,8-11H2. The molecule has 164 valence electrons. The second-order valence-corrected chi connectivity index (χ2v) is 9.79. The van der Waals surface area contributed by atoms with Crippen LogP contribution in [-0.4, -0.2) is 53.8 Å². The topological polar surface area (TPSA) is 102 Å². The second kappa shape index (κ2) is 8.41. The number of nitrogens with zero attached hydrogens (tertiary/aromatic N) is 1. The van der Waals surface area contributed by atoms with Gasteiger partial charge in [0.15, 0.2) is 0 Å². The molecule has 0 amide bonds. The number of nitrogens with one attached hydrogen (secondary N) is 1. The van der Waals surface area contributed by atoms with Crippen molar-refractivity contribution in [1.82, 2.24) is 4.31 Å². The van der Waals surface area contributed by atoms with Gasteiger partial charge in [0, 0.05) is 13.1 Å². The predicted octanol–water partition coefficient (Wildman–Crippen LogP) is 2.41. The molecule has 3 rings (SSSR count). The summed E-state index contributed by atoms with van der Waals surface area (Å²) in [5.74, 6) is -0.569. The van der Waals surface area contributed by atoms with Gasteiger partial charge in [-0.1, -0.05) is 6.07 Å². The van der Waals surface area contributed by atoms with Crippen molar-refractivity contribution in [1.29, 1.82) is 0 Å². The van der Waals surface area contributed by atoms with Gasteiger partial charge in [0.1, 0.15) is 5.75 Å². The van der Waals surface area contributed by atoms with Crippen molar-refractivity contribution in [3.63, 3.8) is 0 Å². The normalized spacial score (nSPS) is 16.2. The van der Waals surface area contributed by atoms with Crippen LogP contribution in [0, 0.1) is 0 Å². The summed E-state index contributed by atoms with van der Waals surface area (Å²) in [6, 6.07) is 8.86. The van der Waals surface area contributed by atoms with E-state index in [0.717, 1.165) is 24.3 Å². The monoisotopic (exact) mass is 466 g/mol. The van der Waals surface area contributed by atoms with Crippen molar-refractivity contribution in [3.8, 4) is 5.75 Å². The lowest BCUT2D eigenvalue weighted by atomic mass is 10.3. The average Bonchev–Trinajstić information content (AvgIpc) is 2.68. The van der Waals surface area contributed by atoms with Crippen molar-refractivity contribution in [2.24, 2.45) is 0 Å². The third kappa shape index (κ3) is 5.41. The van der Waals surface area contributed by atoms with Crippen molar-refractivity contribution in [2.45, 2.75) is 16.2 Å². The molecule has 13 heteroatoms. The third-order valence-corrected chi connectivity index (χ3v) is 7.35. The van der Waals surface area contributed by atoms with Crippen molar-refractivity contribution in [2.75, 3.05) is 31.0 Å². The van der Waals surface area contributed by atoms with Gasteiger partial charge < -0.3 is 9.47 Å². The number of sulfonamides is 2. The second-order valence-electron chi connectivity index (χ2n) is 6.17. The number of hydrogen-bond acceptors (Lipinski definition) is 6. The molecule has 2 aromatic carbocycles. The predicted molar refractivity (Wildman–Crippen MR) is 100.0 cm³/mol. The van der Waals surface area contributed by atoms with E-state index >= 15 is 0 Å². The van der Waals surface area contributed by atoms with E-state index in [2.05, 4.69) is 9.46 Å². The number of morpholine rings is 1. The fourth-order valence-electron chi connectivity index (χ4n) is 2.69. The molecular weight excluding hydrogens is 449 g/mol. The summed E-state index contributed by atoms with van der Waals surface area (Å²) >= 11 is 0. The molecule has 30 heavy (non-hydrogen) atoms. The molecule has 1 heterocycles. The molecule has 0 bridgehead atoms. The zero-order valence-corrected chi connectivity index (χ0v) is 16.9. The van der Waals surface area contributed by atoms with Crippen molar-refractivity contribution in [3.05, 3.63) is 48.5 Å². The molecule has 1 aliphatic heterocycles. The highest BCUT2D eigenvalue weighted by molar-refractivity contribution is 7.92. The minimum atomic E-state index is -4.90. The van der Waals surface area contributed by atoms with E-state index in [1.165, 1.54) is 28.6 Å². The quantitative estimate of drug-likeness (QED) is 0.702. The van der Waals surface area contributed by atoms with Gasteiger partial charge in [-0.05, 0) is 42.5 Å². The Morgan fingerprint density at radius 1 is 0.933 bits per heavy atom. The lowest BCUT2D eigenvalue weighted by Crippen LogP contribution is -2.40. The van der Waals surface area contributed by atoms with Gasteiger partial charge in [-0.2, -0.15) is 4.31 Å². The largest absolute Gasteiger partial charge is 0.573 e. The van der Waals surface area contributed by atoms with Crippen LogP contribution in [0.4, 0.5) is 18.9 Å². The van der Waals surface area contributed by atoms with Crippen LogP contribution in [0.25, 0.3) is 0 Å². The van der Waals surface area contributed by atoms with E-state index in [0.29, 0.717) is 0 Å². The summed E-state index contributed by atoms with van der Waals surface area (Å²) in [4.78, 5) is -0.419. The Labute approximate surface area is 171 Å². The third-order valence-electron chi connectivity index (χ3n) is 4.06. The first-order valence-electron chi connectivity index (χ1n) is 8.54. The summed E-state index contributed by atoms with van der Waals surface area (Å²) < 4.78 is 99.4. The van der Waals surface area contributed by atoms with Crippen LogP contribution >= 0.6 is 0 Å².